The third-order valence-electron chi connectivity index (χ3n) is 3.12. The van der Waals surface area contributed by atoms with E-state index in [-0.39, 0.29) is 12.5 Å². The third-order valence-corrected chi connectivity index (χ3v) is 3.12. The lowest BCUT2D eigenvalue weighted by molar-refractivity contribution is -0.121. The molecule has 0 aliphatic rings. The van der Waals surface area contributed by atoms with Crippen molar-refractivity contribution in [3.63, 3.8) is 0 Å². The maximum Gasteiger partial charge on any atom is 0.250 e. The second-order valence-electron chi connectivity index (χ2n) is 4.97. The number of hydrogen-bond acceptors (Lipinski definition) is 2. The molecule has 0 spiro atoms. The van der Waals surface area contributed by atoms with Crippen LogP contribution in [0.3, 0.4) is 0 Å². The van der Waals surface area contributed by atoms with E-state index < -0.39 is 0 Å². The predicted octanol–water partition coefficient (Wildman–Crippen LogP) is 3.79. The number of benzene rings is 2. The number of anilines is 1. The lowest BCUT2D eigenvalue weighted by Crippen LogP contribution is -2.18. The van der Waals surface area contributed by atoms with Crippen molar-refractivity contribution in [2.45, 2.75) is 26.4 Å². The number of hydrogen-bond donors (Lipinski definition) is 1. The average molecular weight is 283 g/mol. The van der Waals surface area contributed by atoms with Crippen LogP contribution in [0.4, 0.5) is 5.69 Å². The SMILES string of the molecule is CCCc1ccc(NC(=O)COCc2ccccc2)cc1. The van der Waals surface area contributed by atoms with Crippen LogP contribution in [0.2, 0.25) is 0 Å². The van der Waals surface area contributed by atoms with Crippen molar-refractivity contribution >= 4 is 11.6 Å². The molecule has 0 atom stereocenters. The van der Waals surface area contributed by atoms with Crippen LogP contribution < -0.4 is 5.32 Å². The van der Waals surface area contributed by atoms with E-state index >= 15 is 0 Å². The van der Waals surface area contributed by atoms with Gasteiger partial charge in [0.05, 0.1) is 6.61 Å². The van der Waals surface area contributed by atoms with Gasteiger partial charge in [-0.25, -0.2) is 0 Å². The van der Waals surface area contributed by atoms with Crippen molar-refractivity contribution in [2.24, 2.45) is 0 Å². The molecule has 0 aliphatic heterocycles. The topological polar surface area (TPSA) is 38.3 Å². The Bertz CT molecular complexity index is 549. The first-order valence-corrected chi connectivity index (χ1v) is 7.28. The summed E-state index contributed by atoms with van der Waals surface area (Å²) in [6.07, 6.45) is 2.19. The molecule has 1 N–H and O–H groups in total. The van der Waals surface area contributed by atoms with Gasteiger partial charge in [-0.2, -0.15) is 0 Å². The van der Waals surface area contributed by atoms with Gasteiger partial charge in [-0.15, -0.1) is 0 Å². The summed E-state index contributed by atoms with van der Waals surface area (Å²) in [7, 11) is 0. The first kappa shape index (κ1) is 15.3. The summed E-state index contributed by atoms with van der Waals surface area (Å²) in [5.41, 5.74) is 3.16. The summed E-state index contributed by atoms with van der Waals surface area (Å²) >= 11 is 0. The van der Waals surface area contributed by atoms with E-state index in [9.17, 15) is 4.79 Å². The standard InChI is InChI=1S/C18H21NO2/c1-2-6-15-9-11-17(12-10-15)19-18(20)14-21-13-16-7-4-3-5-8-16/h3-5,7-12H,2,6,13-14H2,1H3,(H,19,20). The smallest absolute Gasteiger partial charge is 0.250 e. The van der Waals surface area contributed by atoms with Gasteiger partial charge in [-0.05, 0) is 29.7 Å². The van der Waals surface area contributed by atoms with Crippen LogP contribution in [0, 0.1) is 0 Å². The number of carbonyl (C=O) groups excluding carboxylic acids is 1. The molecule has 0 heterocycles. The largest absolute Gasteiger partial charge is 0.367 e. The molecule has 2 aromatic rings. The summed E-state index contributed by atoms with van der Waals surface area (Å²) in [6.45, 7) is 2.66. The van der Waals surface area contributed by atoms with Crippen LogP contribution in [-0.4, -0.2) is 12.5 Å². The van der Waals surface area contributed by atoms with Crippen LogP contribution in [0.5, 0.6) is 0 Å². The zero-order valence-electron chi connectivity index (χ0n) is 12.3. The van der Waals surface area contributed by atoms with Gasteiger partial charge in [0.25, 0.3) is 0 Å². The van der Waals surface area contributed by atoms with Crippen LogP contribution in [0.1, 0.15) is 24.5 Å². The molecule has 1 amide bonds. The Hall–Kier alpha value is -2.13. The van der Waals surface area contributed by atoms with E-state index in [0.29, 0.717) is 6.61 Å². The number of carbonyl (C=O) groups is 1. The van der Waals surface area contributed by atoms with Gasteiger partial charge in [0.2, 0.25) is 5.91 Å². The Kier molecular flexibility index (Phi) is 5.98. The predicted molar refractivity (Wildman–Crippen MR) is 85.2 cm³/mol. The number of amides is 1. The molecule has 0 fully saturated rings. The van der Waals surface area contributed by atoms with E-state index in [1.165, 1.54) is 5.56 Å². The molecule has 2 rings (SSSR count). The van der Waals surface area contributed by atoms with Crippen molar-refractivity contribution in [1.29, 1.82) is 0 Å². The molecule has 2 aromatic carbocycles. The van der Waals surface area contributed by atoms with Gasteiger partial charge in [0.15, 0.2) is 0 Å². The van der Waals surface area contributed by atoms with Gasteiger partial charge in [-0.3, -0.25) is 4.79 Å². The molecule has 110 valence electrons. The highest BCUT2D eigenvalue weighted by molar-refractivity contribution is 5.91. The monoisotopic (exact) mass is 283 g/mol. The molecule has 0 aromatic heterocycles. The van der Waals surface area contributed by atoms with E-state index in [2.05, 4.69) is 12.2 Å². The van der Waals surface area contributed by atoms with Crippen molar-refractivity contribution < 1.29 is 9.53 Å². The number of nitrogens with one attached hydrogen (secondary N) is 1. The molecule has 3 nitrogen and oxygen atoms in total. The first-order valence-electron chi connectivity index (χ1n) is 7.28. The minimum Gasteiger partial charge on any atom is -0.367 e. The van der Waals surface area contributed by atoms with E-state index in [4.69, 9.17) is 4.74 Å². The Morgan fingerprint density at radius 1 is 1.00 bits per heavy atom. The third kappa shape index (κ3) is 5.40. The van der Waals surface area contributed by atoms with E-state index in [0.717, 1.165) is 24.1 Å². The maximum absolute atomic E-state index is 11.8. The van der Waals surface area contributed by atoms with E-state index in [1.807, 2.05) is 54.6 Å². The molecular formula is C18H21NO2. The van der Waals surface area contributed by atoms with Crippen molar-refractivity contribution in [3.8, 4) is 0 Å². The molecule has 0 radical (unpaired) electrons. The quantitative estimate of drug-likeness (QED) is 0.839. The zero-order valence-corrected chi connectivity index (χ0v) is 12.3. The average Bonchev–Trinajstić information content (AvgIpc) is 2.51. The number of ether oxygens (including phenoxy) is 1. The lowest BCUT2D eigenvalue weighted by atomic mass is 10.1. The van der Waals surface area contributed by atoms with Gasteiger partial charge < -0.3 is 10.1 Å². The first-order chi connectivity index (χ1) is 10.3. The van der Waals surface area contributed by atoms with Crippen LogP contribution in [0.15, 0.2) is 54.6 Å². The second kappa shape index (κ2) is 8.22. The number of aryl methyl sites for hydroxylation is 1. The molecule has 21 heavy (non-hydrogen) atoms. The minimum absolute atomic E-state index is 0.0611. The van der Waals surface area contributed by atoms with Crippen LogP contribution in [-0.2, 0) is 22.6 Å². The summed E-state index contributed by atoms with van der Waals surface area (Å²) in [5, 5.41) is 2.83. The van der Waals surface area contributed by atoms with Crippen molar-refractivity contribution in [1.82, 2.24) is 0 Å². The minimum atomic E-state index is -0.130. The van der Waals surface area contributed by atoms with Crippen molar-refractivity contribution in [3.05, 3.63) is 65.7 Å². The highest BCUT2D eigenvalue weighted by Crippen LogP contribution is 2.11. The maximum atomic E-state index is 11.8. The molecule has 0 saturated heterocycles. The summed E-state index contributed by atoms with van der Waals surface area (Å²) in [5.74, 6) is -0.130. The van der Waals surface area contributed by atoms with Gasteiger partial charge in [0.1, 0.15) is 6.61 Å². The fraction of sp³-hybridized carbons (Fsp3) is 0.278. The second-order valence-corrected chi connectivity index (χ2v) is 4.97. The molecule has 0 unspecified atom stereocenters. The van der Waals surface area contributed by atoms with Gasteiger partial charge >= 0.3 is 0 Å². The molecule has 0 bridgehead atoms. The van der Waals surface area contributed by atoms with Crippen LogP contribution >= 0.6 is 0 Å². The Balaban J connectivity index is 1.74. The summed E-state index contributed by atoms with van der Waals surface area (Å²) in [6, 6.07) is 17.8. The van der Waals surface area contributed by atoms with Gasteiger partial charge in [0, 0.05) is 5.69 Å². The lowest BCUT2D eigenvalue weighted by Gasteiger charge is -2.07. The highest BCUT2D eigenvalue weighted by Gasteiger charge is 2.03. The van der Waals surface area contributed by atoms with Crippen molar-refractivity contribution in [2.75, 3.05) is 11.9 Å². The molecule has 0 saturated carbocycles. The molecular weight excluding hydrogens is 262 g/mol. The zero-order chi connectivity index (χ0) is 14.9. The Morgan fingerprint density at radius 3 is 2.38 bits per heavy atom. The van der Waals surface area contributed by atoms with E-state index in [1.54, 1.807) is 0 Å². The summed E-state index contributed by atoms with van der Waals surface area (Å²) in [4.78, 5) is 11.8. The summed E-state index contributed by atoms with van der Waals surface area (Å²) < 4.78 is 5.40. The highest BCUT2D eigenvalue weighted by atomic mass is 16.5. The Morgan fingerprint density at radius 2 is 1.71 bits per heavy atom. The molecule has 3 heteroatoms. The Labute approximate surface area is 126 Å². The fourth-order valence-electron chi connectivity index (χ4n) is 2.08. The number of rotatable bonds is 7. The molecule has 0 aliphatic carbocycles. The van der Waals surface area contributed by atoms with Gasteiger partial charge in [-0.1, -0.05) is 55.8 Å². The fourth-order valence-corrected chi connectivity index (χ4v) is 2.08. The normalized spacial score (nSPS) is 10.3. The van der Waals surface area contributed by atoms with Crippen LogP contribution in [0.25, 0.3) is 0 Å².